The standard InChI is InChI=1S/C16H19N5/c1-10-14-13(20-21(10)2)8-7-12-15(14)17-9-18-16(12)19-11-5-3-4-6-11/h7-9,11H,3-6H2,1-2H3,(H,17,18,19). The van der Waals surface area contributed by atoms with Crippen LogP contribution in [0.2, 0.25) is 0 Å². The largest absolute Gasteiger partial charge is 0.367 e. The first-order valence-corrected chi connectivity index (χ1v) is 7.57. The third kappa shape index (κ3) is 1.95. The van der Waals surface area contributed by atoms with Crippen LogP contribution in [0.3, 0.4) is 0 Å². The molecule has 21 heavy (non-hydrogen) atoms. The lowest BCUT2D eigenvalue weighted by Crippen LogP contribution is -2.15. The maximum Gasteiger partial charge on any atom is 0.137 e. The summed E-state index contributed by atoms with van der Waals surface area (Å²) in [7, 11) is 1.97. The number of fused-ring (bicyclic) bond motifs is 3. The van der Waals surface area contributed by atoms with Gasteiger partial charge in [0.05, 0.1) is 11.0 Å². The third-order valence-electron chi connectivity index (χ3n) is 4.59. The molecule has 0 radical (unpaired) electrons. The number of benzene rings is 1. The molecule has 1 fully saturated rings. The van der Waals surface area contributed by atoms with Crippen molar-refractivity contribution in [1.29, 1.82) is 0 Å². The van der Waals surface area contributed by atoms with Gasteiger partial charge in [0.25, 0.3) is 0 Å². The first kappa shape index (κ1) is 12.6. The third-order valence-corrected chi connectivity index (χ3v) is 4.59. The summed E-state index contributed by atoms with van der Waals surface area (Å²) < 4.78 is 1.91. The van der Waals surface area contributed by atoms with Crippen molar-refractivity contribution in [3.63, 3.8) is 0 Å². The van der Waals surface area contributed by atoms with Gasteiger partial charge >= 0.3 is 0 Å². The van der Waals surface area contributed by atoms with Gasteiger partial charge in [0.1, 0.15) is 12.1 Å². The van der Waals surface area contributed by atoms with Gasteiger partial charge in [0.2, 0.25) is 0 Å². The highest BCUT2D eigenvalue weighted by Gasteiger charge is 2.18. The van der Waals surface area contributed by atoms with Crippen molar-refractivity contribution < 1.29 is 0 Å². The van der Waals surface area contributed by atoms with Crippen molar-refractivity contribution >= 4 is 27.6 Å². The molecule has 1 saturated carbocycles. The van der Waals surface area contributed by atoms with Crippen LogP contribution in [0.1, 0.15) is 31.4 Å². The topological polar surface area (TPSA) is 55.6 Å². The van der Waals surface area contributed by atoms with Crippen LogP contribution < -0.4 is 5.32 Å². The fourth-order valence-corrected chi connectivity index (χ4v) is 3.34. The summed E-state index contributed by atoms with van der Waals surface area (Å²) in [5.74, 6) is 0.956. The van der Waals surface area contributed by atoms with Crippen LogP contribution in [-0.4, -0.2) is 25.8 Å². The molecule has 2 aromatic heterocycles. The van der Waals surface area contributed by atoms with Crippen molar-refractivity contribution in [2.75, 3.05) is 5.32 Å². The van der Waals surface area contributed by atoms with E-state index in [1.54, 1.807) is 6.33 Å². The predicted molar refractivity (Wildman–Crippen MR) is 84.4 cm³/mol. The van der Waals surface area contributed by atoms with Gasteiger partial charge < -0.3 is 5.32 Å². The van der Waals surface area contributed by atoms with E-state index in [9.17, 15) is 0 Å². The summed E-state index contributed by atoms with van der Waals surface area (Å²) in [6.45, 7) is 2.08. The maximum atomic E-state index is 4.53. The van der Waals surface area contributed by atoms with E-state index in [1.165, 1.54) is 25.7 Å². The molecule has 4 rings (SSSR count). The summed E-state index contributed by atoms with van der Waals surface area (Å²) in [6.07, 6.45) is 6.75. The van der Waals surface area contributed by atoms with Gasteiger partial charge in [-0.3, -0.25) is 4.68 Å². The number of rotatable bonds is 2. The zero-order chi connectivity index (χ0) is 14.4. The average molecular weight is 281 g/mol. The Morgan fingerprint density at radius 2 is 2.00 bits per heavy atom. The molecule has 1 aliphatic rings. The van der Waals surface area contributed by atoms with E-state index in [1.807, 2.05) is 11.7 Å². The number of nitrogens with zero attached hydrogens (tertiary/aromatic N) is 4. The highest BCUT2D eigenvalue weighted by molar-refractivity contribution is 6.08. The van der Waals surface area contributed by atoms with Crippen molar-refractivity contribution in [3.8, 4) is 0 Å². The highest BCUT2D eigenvalue weighted by Crippen LogP contribution is 2.30. The lowest BCUT2D eigenvalue weighted by Gasteiger charge is -2.14. The Hall–Kier alpha value is -2.17. The van der Waals surface area contributed by atoms with Gasteiger partial charge in [0.15, 0.2) is 0 Å². The normalized spacial score (nSPS) is 16.1. The maximum absolute atomic E-state index is 4.53. The van der Waals surface area contributed by atoms with E-state index in [0.717, 1.165) is 33.3 Å². The van der Waals surface area contributed by atoms with E-state index < -0.39 is 0 Å². The summed E-state index contributed by atoms with van der Waals surface area (Å²) >= 11 is 0. The molecule has 108 valence electrons. The first-order chi connectivity index (χ1) is 10.2. The Bertz CT molecular complexity index is 814. The molecule has 5 nitrogen and oxygen atoms in total. The van der Waals surface area contributed by atoms with Crippen molar-refractivity contribution in [2.24, 2.45) is 7.05 Å². The fourth-order valence-electron chi connectivity index (χ4n) is 3.34. The molecule has 0 saturated heterocycles. The van der Waals surface area contributed by atoms with Crippen LogP contribution in [0.4, 0.5) is 5.82 Å². The van der Waals surface area contributed by atoms with Crippen LogP contribution in [0.25, 0.3) is 21.8 Å². The fraction of sp³-hybridized carbons (Fsp3) is 0.438. The lowest BCUT2D eigenvalue weighted by atomic mass is 10.1. The molecule has 3 aromatic rings. The highest BCUT2D eigenvalue weighted by atomic mass is 15.3. The molecule has 0 amide bonds. The van der Waals surface area contributed by atoms with Gasteiger partial charge in [-0.15, -0.1) is 0 Å². The van der Waals surface area contributed by atoms with Crippen LogP contribution in [0, 0.1) is 6.92 Å². The molecule has 1 aliphatic carbocycles. The molecule has 1 N–H and O–H groups in total. The molecule has 2 heterocycles. The second kappa shape index (κ2) is 4.69. The molecule has 5 heteroatoms. The van der Waals surface area contributed by atoms with E-state index in [4.69, 9.17) is 0 Å². The number of nitrogens with one attached hydrogen (secondary N) is 1. The Kier molecular flexibility index (Phi) is 2.80. The minimum Gasteiger partial charge on any atom is -0.367 e. The van der Waals surface area contributed by atoms with E-state index in [2.05, 4.69) is 39.4 Å². The smallest absolute Gasteiger partial charge is 0.137 e. The number of aryl methyl sites for hydroxylation is 2. The van der Waals surface area contributed by atoms with Gasteiger partial charge in [-0.1, -0.05) is 12.8 Å². The second-order valence-corrected chi connectivity index (χ2v) is 5.91. The summed E-state index contributed by atoms with van der Waals surface area (Å²) in [4.78, 5) is 8.98. The van der Waals surface area contributed by atoms with Crippen molar-refractivity contribution in [1.82, 2.24) is 19.7 Å². The van der Waals surface area contributed by atoms with Crippen LogP contribution >= 0.6 is 0 Å². The van der Waals surface area contributed by atoms with Crippen LogP contribution in [-0.2, 0) is 7.05 Å². The van der Waals surface area contributed by atoms with Gasteiger partial charge in [0, 0.05) is 29.6 Å². The Balaban J connectivity index is 1.90. The van der Waals surface area contributed by atoms with Gasteiger partial charge in [-0.05, 0) is 31.9 Å². The Labute approximate surface area is 123 Å². The minimum absolute atomic E-state index is 0.550. The molecule has 0 aliphatic heterocycles. The quantitative estimate of drug-likeness (QED) is 0.784. The van der Waals surface area contributed by atoms with Gasteiger partial charge in [-0.2, -0.15) is 5.10 Å². The van der Waals surface area contributed by atoms with Crippen LogP contribution in [0.5, 0.6) is 0 Å². The first-order valence-electron chi connectivity index (χ1n) is 7.57. The minimum atomic E-state index is 0.550. The summed E-state index contributed by atoms with van der Waals surface area (Å²) in [5, 5.41) is 10.4. The predicted octanol–water partition coefficient (Wildman–Crippen LogP) is 3.18. The number of anilines is 1. The Morgan fingerprint density at radius 3 is 2.81 bits per heavy atom. The molecule has 0 spiro atoms. The van der Waals surface area contributed by atoms with Crippen molar-refractivity contribution in [3.05, 3.63) is 24.2 Å². The molecule has 0 unspecified atom stereocenters. The summed E-state index contributed by atoms with van der Waals surface area (Å²) in [5.41, 5.74) is 3.13. The van der Waals surface area contributed by atoms with Crippen molar-refractivity contribution in [2.45, 2.75) is 38.6 Å². The number of hydrogen-bond donors (Lipinski definition) is 1. The summed E-state index contributed by atoms with van der Waals surface area (Å²) in [6, 6.07) is 4.70. The SMILES string of the molecule is Cc1c2c(ccc3c(NC4CCCC4)ncnc32)nn1C. The molecular formula is C16H19N5. The zero-order valence-corrected chi connectivity index (χ0v) is 12.4. The monoisotopic (exact) mass is 281 g/mol. The van der Waals surface area contributed by atoms with E-state index >= 15 is 0 Å². The number of hydrogen-bond acceptors (Lipinski definition) is 4. The second-order valence-electron chi connectivity index (χ2n) is 5.91. The van der Waals surface area contributed by atoms with E-state index in [-0.39, 0.29) is 0 Å². The molecule has 1 aromatic carbocycles. The van der Waals surface area contributed by atoms with Gasteiger partial charge in [-0.25, -0.2) is 9.97 Å². The molecule has 0 bridgehead atoms. The number of aromatic nitrogens is 4. The average Bonchev–Trinajstić information content (AvgIpc) is 3.08. The van der Waals surface area contributed by atoms with Crippen LogP contribution in [0.15, 0.2) is 18.5 Å². The van der Waals surface area contributed by atoms with E-state index in [0.29, 0.717) is 6.04 Å². The lowest BCUT2D eigenvalue weighted by molar-refractivity contribution is 0.751. The molecular weight excluding hydrogens is 262 g/mol. The zero-order valence-electron chi connectivity index (χ0n) is 12.4. The molecule has 0 atom stereocenters. The Morgan fingerprint density at radius 1 is 1.19 bits per heavy atom.